The first-order valence-electron chi connectivity index (χ1n) is 10.9. The van der Waals surface area contributed by atoms with E-state index in [1.807, 2.05) is 48.5 Å². The molecule has 2 aliphatic heterocycles. The second-order valence-electron chi connectivity index (χ2n) is 8.19. The molecule has 2 aliphatic rings. The number of amides is 2. The van der Waals surface area contributed by atoms with Crippen molar-refractivity contribution in [3.8, 4) is 0 Å². The van der Waals surface area contributed by atoms with E-state index in [1.54, 1.807) is 11.0 Å². The number of hydrogen-bond donors (Lipinski definition) is 2. The standard InChI is InChI=1S/C25H22ClN3O4S/c26-18-9-5-4-8-16(18)21-20-17-11-12-28(25(32)33)14-19(17)34-24(20)29(23(31)22(30)27-21)13-10-15-6-2-1-3-7-15/h1-9,22,30H,10-14H2,(H,32,33). The first-order valence-corrected chi connectivity index (χ1v) is 12.1. The Balaban J connectivity index is 1.64. The van der Waals surface area contributed by atoms with E-state index in [-0.39, 0.29) is 6.54 Å². The number of nitrogens with zero attached hydrogens (tertiary/aromatic N) is 3. The normalized spacial score (nSPS) is 17.6. The zero-order valence-corrected chi connectivity index (χ0v) is 19.7. The van der Waals surface area contributed by atoms with Gasteiger partial charge in [0.1, 0.15) is 5.00 Å². The lowest BCUT2D eigenvalue weighted by molar-refractivity contribution is -0.126. The Morgan fingerprint density at radius 1 is 1.15 bits per heavy atom. The quantitative estimate of drug-likeness (QED) is 0.567. The number of hydrogen-bond acceptors (Lipinski definition) is 5. The van der Waals surface area contributed by atoms with Gasteiger partial charge < -0.3 is 15.1 Å². The number of aliphatic hydroxyl groups is 1. The van der Waals surface area contributed by atoms with Gasteiger partial charge in [-0.25, -0.2) is 9.79 Å². The van der Waals surface area contributed by atoms with Gasteiger partial charge in [0.25, 0.3) is 5.91 Å². The Labute approximate surface area is 205 Å². The third-order valence-electron chi connectivity index (χ3n) is 6.12. The number of benzene rings is 2. The fraction of sp³-hybridized carbons (Fsp3) is 0.240. The van der Waals surface area contributed by atoms with Gasteiger partial charge in [0, 0.05) is 34.1 Å². The first kappa shape index (κ1) is 22.6. The van der Waals surface area contributed by atoms with Crippen molar-refractivity contribution in [2.75, 3.05) is 18.0 Å². The van der Waals surface area contributed by atoms with E-state index in [4.69, 9.17) is 11.6 Å². The summed E-state index contributed by atoms with van der Waals surface area (Å²) < 4.78 is 0. The summed E-state index contributed by atoms with van der Waals surface area (Å²) in [5.74, 6) is -0.507. The van der Waals surface area contributed by atoms with E-state index >= 15 is 0 Å². The average molecular weight is 496 g/mol. The van der Waals surface area contributed by atoms with Crippen LogP contribution in [-0.4, -0.2) is 52.1 Å². The molecule has 7 nitrogen and oxygen atoms in total. The van der Waals surface area contributed by atoms with E-state index in [0.29, 0.717) is 47.2 Å². The largest absolute Gasteiger partial charge is 0.465 e. The van der Waals surface area contributed by atoms with E-state index in [0.717, 1.165) is 21.6 Å². The van der Waals surface area contributed by atoms with E-state index < -0.39 is 18.2 Å². The van der Waals surface area contributed by atoms with E-state index in [9.17, 15) is 19.8 Å². The van der Waals surface area contributed by atoms with Crippen LogP contribution >= 0.6 is 22.9 Å². The number of anilines is 1. The van der Waals surface area contributed by atoms with E-state index in [2.05, 4.69) is 4.99 Å². The molecule has 3 heterocycles. The van der Waals surface area contributed by atoms with Crippen LogP contribution in [0.3, 0.4) is 0 Å². The molecule has 3 aromatic rings. The number of carbonyl (C=O) groups is 2. The molecule has 1 aromatic heterocycles. The van der Waals surface area contributed by atoms with Gasteiger partial charge in [0.2, 0.25) is 6.23 Å². The van der Waals surface area contributed by atoms with Gasteiger partial charge in [-0.15, -0.1) is 11.3 Å². The Hall–Kier alpha value is -3.20. The van der Waals surface area contributed by atoms with Gasteiger partial charge in [-0.05, 0) is 30.0 Å². The summed E-state index contributed by atoms with van der Waals surface area (Å²) in [6.45, 7) is 0.962. The number of thiophene rings is 1. The van der Waals surface area contributed by atoms with E-state index in [1.165, 1.54) is 16.2 Å². The molecule has 0 fully saturated rings. The molecule has 2 amide bonds. The molecule has 0 spiro atoms. The molecule has 0 saturated heterocycles. The summed E-state index contributed by atoms with van der Waals surface area (Å²) >= 11 is 7.90. The highest BCUT2D eigenvalue weighted by molar-refractivity contribution is 7.17. The van der Waals surface area contributed by atoms with Crippen molar-refractivity contribution in [3.05, 3.63) is 86.8 Å². The summed E-state index contributed by atoms with van der Waals surface area (Å²) in [6, 6.07) is 17.0. The average Bonchev–Trinajstić information content (AvgIpc) is 3.17. The van der Waals surface area contributed by atoms with Gasteiger partial charge in [-0.2, -0.15) is 0 Å². The van der Waals surface area contributed by atoms with Crippen LogP contribution in [0.1, 0.15) is 27.1 Å². The molecule has 9 heteroatoms. The van der Waals surface area contributed by atoms with Crippen LogP contribution in [-0.2, 0) is 24.2 Å². The molecule has 1 atom stereocenters. The van der Waals surface area contributed by atoms with Crippen LogP contribution in [0.5, 0.6) is 0 Å². The molecule has 0 bridgehead atoms. The zero-order valence-electron chi connectivity index (χ0n) is 18.1. The maximum atomic E-state index is 13.3. The van der Waals surface area contributed by atoms with Crippen molar-refractivity contribution in [3.63, 3.8) is 0 Å². The molecule has 2 N–H and O–H groups in total. The van der Waals surface area contributed by atoms with Gasteiger partial charge in [-0.1, -0.05) is 60.1 Å². The second-order valence-corrected chi connectivity index (χ2v) is 9.69. The number of carboxylic acid groups (broad SMARTS) is 1. The zero-order chi connectivity index (χ0) is 23.8. The summed E-state index contributed by atoms with van der Waals surface area (Å²) in [7, 11) is 0. The molecule has 34 heavy (non-hydrogen) atoms. The molecule has 1 unspecified atom stereocenters. The summed E-state index contributed by atoms with van der Waals surface area (Å²) in [4.78, 5) is 33.2. The van der Waals surface area contributed by atoms with Crippen LogP contribution in [0.2, 0.25) is 5.02 Å². The van der Waals surface area contributed by atoms with Crippen LogP contribution in [0.25, 0.3) is 0 Å². The second kappa shape index (κ2) is 9.21. The number of aliphatic imine (C=N–C) groups is 1. The lowest BCUT2D eigenvalue weighted by Crippen LogP contribution is -2.38. The van der Waals surface area contributed by atoms with Gasteiger partial charge >= 0.3 is 6.09 Å². The summed E-state index contributed by atoms with van der Waals surface area (Å²) in [5, 5.41) is 21.4. The Morgan fingerprint density at radius 3 is 2.62 bits per heavy atom. The number of rotatable bonds is 4. The Morgan fingerprint density at radius 2 is 1.88 bits per heavy atom. The lowest BCUT2D eigenvalue weighted by atomic mass is 9.95. The smallest absolute Gasteiger partial charge is 0.407 e. The third kappa shape index (κ3) is 4.09. The van der Waals surface area contributed by atoms with Crippen LogP contribution in [0, 0.1) is 0 Å². The molecule has 174 valence electrons. The molecule has 5 rings (SSSR count). The number of halogens is 1. The third-order valence-corrected chi connectivity index (χ3v) is 7.69. The fourth-order valence-electron chi connectivity index (χ4n) is 4.42. The topological polar surface area (TPSA) is 93.4 Å². The minimum Gasteiger partial charge on any atom is -0.465 e. The van der Waals surface area contributed by atoms with Gasteiger partial charge in [0.15, 0.2) is 0 Å². The molecular formula is C25H22ClN3O4S. The summed E-state index contributed by atoms with van der Waals surface area (Å²) in [6.07, 6.45) is -1.43. The predicted octanol–water partition coefficient (Wildman–Crippen LogP) is 4.18. The van der Waals surface area contributed by atoms with Crippen molar-refractivity contribution < 1.29 is 19.8 Å². The molecule has 0 aliphatic carbocycles. The van der Waals surface area contributed by atoms with Crippen molar-refractivity contribution in [2.24, 2.45) is 4.99 Å². The SMILES string of the molecule is O=C(O)N1CCc2c(sc3c2C(c2ccccc2Cl)=NC(O)C(=O)N3CCc2ccccc2)C1. The van der Waals surface area contributed by atoms with Crippen LogP contribution in [0.15, 0.2) is 59.6 Å². The molecular weight excluding hydrogens is 474 g/mol. The number of aliphatic hydroxyl groups excluding tert-OH is 1. The lowest BCUT2D eigenvalue weighted by Gasteiger charge is -2.24. The first-order chi connectivity index (χ1) is 16.4. The highest BCUT2D eigenvalue weighted by Gasteiger charge is 2.37. The van der Waals surface area contributed by atoms with Crippen molar-refractivity contribution in [1.82, 2.24) is 4.90 Å². The molecule has 0 radical (unpaired) electrons. The fourth-order valence-corrected chi connectivity index (χ4v) is 6.04. The maximum Gasteiger partial charge on any atom is 0.407 e. The summed E-state index contributed by atoms with van der Waals surface area (Å²) in [5.41, 5.74) is 3.88. The van der Waals surface area contributed by atoms with Crippen LogP contribution < -0.4 is 4.90 Å². The monoisotopic (exact) mass is 495 g/mol. The van der Waals surface area contributed by atoms with Crippen molar-refractivity contribution in [1.29, 1.82) is 0 Å². The number of carbonyl (C=O) groups excluding carboxylic acids is 1. The highest BCUT2D eigenvalue weighted by Crippen LogP contribution is 2.43. The van der Waals surface area contributed by atoms with Gasteiger partial charge in [-0.3, -0.25) is 9.69 Å². The highest BCUT2D eigenvalue weighted by atomic mass is 35.5. The Kier molecular flexibility index (Phi) is 6.12. The Bertz CT molecular complexity index is 1290. The maximum absolute atomic E-state index is 13.3. The van der Waals surface area contributed by atoms with Crippen LogP contribution in [0.4, 0.5) is 9.80 Å². The number of fused-ring (bicyclic) bond motifs is 3. The predicted molar refractivity (Wildman–Crippen MR) is 132 cm³/mol. The van der Waals surface area contributed by atoms with Crippen molar-refractivity contribution >= 4 is 45.7 Å². The van der Waals surface area contributed by atoms with Crippen molar-refractivity contribution in [2.45, 2.75) is 25.6 Å². The molecule has 2 aromatic carbocycles. The molecule has 0 saturated carbocycles. The van der Waals surface area contributed by atoms with Gasteiger partial charge in [0.05, 0.1) is 12.3 Å². The minimum atomic E-state index is -1.56. The minimum absolute atomic E-state index is 0.251.